The lowest BCUT2D eigenvalue weighted by molar-refractivity contribution is -0.122. The Morgan fingerprint density at radius 3 is 2.62 bits per heavy atom. The number of nitrogens with one attached hydrogen (secondary N) is 1. The molecule has 1 N–H and O–H groups in total. The molecule has 1 aromatic rings. The van der Waals surface area contributed by atoms with E-state index in [2.05, 4.69) is 15.3 Å². The zero-order valence-electron chi connectivity index (χ0n) is 12.0. The fourth-order valence-corrected chi connectivity index (χ4v) is 2.44. The van der Waals surface area contributed by atoms with Crippen LogP contribution in [0, 0.1) is 0 Å². The Bertz CT molecular complexity index is 498. The average molecular weight is 311 g/mol. The minimum atomic E-state index is -0.141. The van der Waals surface area contributed by atoms with E-state index in [0.717, 1.165) is 19.3 Å². The van der Waals surface area contributed by atoms with Crippen molar-refractivity contribution >= 4 is 23.4 Å². The number of aromatic nitrogens is 2. The van der Waals surface area contributed by atoms with Gasteiger partial charge in [-0.3, -0.25) is 9.59 Å². The van der Waals surface area contributed by atoms with Gasteiger partial charge in [-0.05, 0) is 19.3 Å². The minimum Gasteiger partial charge on any atom is -0.353 e. The van der Waals surface area contributed by atoms with Gasteiger partial charge < -0.3 is 10.2 Å². The smallest absolute Gasteiger partial charge is 0.274 e. The first-order valence-corrected chi connectivity index (χ1v) is 7.54. The number of halogens is 1. The molecule has 1 aliphatic heterocycles. The SMILES string of the molecule is CCCC(=O)NC1CCN(C(=O)c2cnc(Cl)cn2)CC1. The number of carbonyl (C=O) groups is 2. The minimum absolute atomic E-state index is 0.0887. The third-order valence-corrected chi connectivity index (χ3v) is 3.66. The Labute approximate surface area is 128 Å². The van der Waals surface area contributed by atoms with Gasteiger partial charge >= 0.3 is 0 Å². The molecule has 0 aromatic carbocycles. The second-order valence-electron chi connectivity index (χ2n) is 5.11. The third kappa shape index (κ3) is 4.39. The molecule has 0 atom stereocenters. The van der Waals surface area contributed by atoms with Crippen LogP contribution in [0.15, 0.2) is 12.4 Å². The van der Waals surface area contributed by atoms with Crippen LogP contribution in [0.1, 0.15) is 43.1 Å². The molecule has 2 rings (SSSR count). The molecule has 1 saturated heterocycles. The molecular weight excluding hydrogens is 292 g/mol. The van der Waals surface area contributed by atoms with Crippen LogP contribution < -0.4 is 5.32 Å². The number of amides is 2. The van der Waals surface area contributed by atoms with Crippen LogP contribution in [-0.4, -0.2) is 45.8 Å². The summed E-state index contributed by atoms with van der Waals surface area (Å²) < 4.78 is 0. The lowest BCUT2D eigenvalue weighted by Gasteiger charge is -2.32. The zero-order chi connectivity index (χ0) is 15.2. The van der Waals surface area contributed by atoms with Crippen LogP contribution in [0.4, 0.5) is 0 Å². The van der Waals surface area contributed by atoms with Crippen molar-refractivity contribution < 1.29 is 9.59 Å². The second kappa shape index (κ2) is 7.36. The Hall–Kier alpha value is -1.69. The molecule has 1 fully saturated rings. The summed E-state index contributed by atoms with van der Waals surface area (Å²) in [6.45, 7) is 3.20. The second-order valence-corrected chi connectivity index (χ2v) is 5.50. The number of rotatable bonds is 4. The Balaban J connectivity index is 1.84. The summed E-state index contributed by atoms with van der Waals surface area (Å²) in [7, 11) is 0. The van der Waals surface area contributed by atoms with Gasteiger partial charge in [0.15, 0.2) is 0 Å². The molecule has 21 heavy (non-hydrogen) atoms. The summed E-state index contributed by atoms with van der Waals surface area (Å²) in [4.78, 5) is 33.4. The normalized spacial score (nSPS) is 15.8. The van der Waals surface area contributed by atoms with Crippen molar-refractivity contribution in [3.8, 4) is 0 Å². The fraction of sp³-hybridized carbons (Fsp3) is 0.571. The highest BCUT2D eigenvalue weighted by molar-refractivity contribution is 6.29. The number of carbonyl (C=O) groups excluding carboxylic acids is 2. The van der Waals surface area contributed by atoms with Gasteiger partial charge in [0.25, 0.3) is 5.91 Å². The number of piperidine rings is 1. The van der Waals surface area contributed by atoms with E-state index >= 15 is 0 Å². The molecule has 1 aromatic heterocycles. The number of nitrogens with zero attached hydrogens (tertiary/aromatic N) is 3. The molecule has 2 heterocycles. The molecule has 6 nitrogen and oxygen atoms in total. The van der Waals surface area contributed by atoms with Crippen molar-refractivity contribution in [2.24, 2.45) is 0 Å². The quantitative estimate of drug-likeness (QED) is 0.917. The van der Waals surface area contributed by atoms with Crippen LogP contribution in [-0.2, 0) is 4.79 Å². The van der Waals surface area contributed by atoms with Gasteiger partial charge in [0.05, 0.1) is 12.4 Å². The Morgan fingerprint density at radius 1 is 1.33 bits per heavy atom. The Morgan fingerprint density at radius 2 is 2.05 bits per heavy atom. The zero-order valence-corrected chi connectivity index (χ0v) is 12.8. The van der Waals surface area contributed by atoms with Gasteiger partial charge in [-0.25, -0.2) is 9.97 Å². The highest BCUT2D eigenvalue weighted by Gasteiger charge is 2.25. The van der Waals surface area contributed by atoms with E-state index in [9.17, 15) is 9.59 Å². The summed E-state index contributed by atoms with van der Waals surface area (Å²) in [6.07, 6.45) is 5.69. The van der Waals surface area contributed by atoms with Crippen molar-refractivity contribution in [2.75, 3.05) is 13.1 Å². The summed E-state index contributed by atoms with van der Waals surface area (Å²) in [5, 5.41) is 3.27. The van der Waals surface area contributed by atoms with Gasteiger partial charge in [0.1, 0.15) is 10.8 Å². The fourth-order valence-electron chi connectivity index (χ4n) is 2.34. The standard InChI is InChI=1S/C14H19ClN4O2/c1-2-3-13(20)18-10-4-6-19(7-5-10)14(21)11-8-17-12(15)9-16-11/h8-10H,2-7H2,1H3,(H,18,20). The van der Waals surface area contributed by atoms with Crippen LogP contribution in [0.2, 0.25) is 5.15 Å². The molecule has 0 radical (unpaired) electrons. The maximum atomic E-state index is 12.2. The van der Waals surface area contributed by atoms with Crippen molar-refractivity contribution in [3.05, 3.63) is 23.2 Å². The van der Waals surface area contributed by atoms with Gasteiger partial charge in [0.2, 0.25) is 5.91 Å². The van der Waals surface area contributed by atoms with Crippen molar-refractivity contribution in [1.82, 2.24) is 20.2 Å². The van der Waals surface area contributed by atoms with E-state index in [1.807, 2.05) is 6.92 Å². The van der Waals surface area contributed by atoms with Crippen LogP contribution in [0.5, 0.6) is 0 Å². The number of hydrogen-bond donors (Lipinski definition) is 1. The predicted octanol–water partition coefficient (Wildman–Crippen LogP) is 1.65. The lowest BCUT2D eigenvalue weighted by Crippen LogP contribution is -2.46. The summed E-state index contributed by atoms with van der Waals surface area (Å²) >= 11 is 5.66. The molecule has 1 aliphatic rings. The molecule has 0 saturated carbocycles. The van der Waals surface area contributed by atoms with Crippen molar-refractivity contribution in [1.29, 1.82) is 0 Å². The molecule has 2 amide bonds. The van der Waals surface area contributed by atoms with Gasteiger partial charge in [-0.2, -0.15) is 0 Å². The van der Waals surface area contributed by atoms with Crippen molar-refractivity contribution in [3.63, 3.8) is 0 Å². The first-order valence-electron chi connectivity index (χ1n) is 7.16. The molecule has 114 valence electrons. The van der Waals surface area contributed by atoms with Gasteiger partial charge in [-0.1, -0.05) is 18.5 Å². The summed E-state index contributed by atoms with van der Waals surface area (Å²) in [6, 6.07) is 0.157. The topological polar surface area (TPSA) is 75.2 Å². The van der Waals surface area contributed by atoms with Gasteiger partial charge in [-0.15, -0.1) is 0 Å². The van der Waals surface area contributed by atoms with Crippen LogP contribution in [0.25, 0.3) is 0 Å². The average Bonchev–Trinajstić information content (AvgIpc) is 2.48. The summed E-state index contributed by atoms with van der Waals surface area (Å²) in [5.74, 6) is -0.0525. The first-order chi connectivity index (χ1) is 10.1. The van der Waals surface area contributed by atoms with E-state index in [0.29, 0.717) is 25.2 Å². The molecular formula is C14H19ClN4O2. The van der Waals surface area contributed by atoms with Gasteiger partial charge in [0, 0.05) is 25.6 Å². The third-order valence-electron chi connectivity index (χ3n) is 3.46. The summed E-state index contributed by atoms with van der Waals surface area (Å²) in [5.41, 5.74) is 0.299. The van der Waals surface area contributed by atoms with E-state index in [4.69, 9.17) is 11.6 Å². The molecule has 0 bridgehead atoms. The number of hydrogen-bond acceptors (Lipinski definition) is 4. The van der Waals surface area contributed by atoms with E-state index in [1.165, 1.54) is 12.4 Å². The largest absolute Gasteiger partial charge is 0.353 e. The highest BCUT2D eigenvalue weighted by atomic mass is 35.5. The van der Waals surface area contributed by atoms with E-state index < -0.39 is 0 Å². The lowest BCUT2D eigenvalue weighted by atomic mass is 10.0. The maximum Gasteiger partial charge on any atom is 0.274 e. The first kappa shape index (κ1) is 15.7. The van der Waals surface area contributed by atoms with Crippen molar-refractivity contribution in [2.45, 2.75) is 38.6 Å². The monoisotopic (exact) mass is 310 g/mol. The molecule has 0 spiro atoms. The predicted molar refractivity (Wildman–Crippen MR) is 79.0 cm³/mol. The van der Waals surface area contributed by atoms with Crippen LogP contribution >= 0.6 is 11.6 Å². The molecule has 7 heteroatoms. The number of likely N-dealkylation sites (tertiary alicyclic amines) is 1. The molecule has 0 unspecified atom stereocenters. The van der Waals surface area contributed by atoms with Crippen LogP contribution in [0.3, 0.4) is 0 Å². The van der Waals surface area contributed by atoms with E-state index in [-0.39, 0.29) is 23.0 Å². The van der Waals surface area contributed by atoms with E-state index in [1.54, 1.807) is 4.90 Å². The Kier molecular flexibility index (Phi) is 5.50. The molecule has 0 aliphatic carbocycles. The highest BCUT2D eigenvalue weighted by Crippen LogP contribution is 2.13. The maximum absolute atomic E-state index is 12.2.